The molecule has 0 aliphatic carbocycles. The molecule has 0 bridgehead atoms. The summed E-state index contributed by atoms with van der Waals surface area (Å²) in [6.45, 7) is 1.89. The number of rotatable bonds is 9. The zero-order valence-corrected chi connectivity index (χ0v) is 15.7. The van der Waals surface area contributed by atoms with Gasteiger partial charge in [0.05, 0.1) is 19.8 Å². The first-order valence-corrected chi connectivity index (χ1v) is 9.10. The number of carbonyl (C=O) groups is 3. The van der Waals surface area contributed by atoms with Crippen molar-refractivity contribution in [2.45, 2.75) is 6.42 Å². The molecule has 3 amide bonds. The Morgan fingerprint density at radius 2 is 1.71 bits per heavy atom. The molecule has 8 nitrogen and oxygen atoms in total. The maximum absolute atomic E-state index is 12.7. The molecule has 0 radical (unpaired) electrons. The lowest BCUT2D eigenvalue weighted by Gasteiger charge is -2.27. The number of nitrogens with one attached hydrogen (secondary N) is 1. The Balaban J connectivity index is 1.52. The second-order valence-corrected chi connectivity index (χ2v) is 6.67. The van der Waals surface area contributed by atoms with Gasteiger partial charge < -0.3 is 9.64 Å². The lowest BCUT2D eigenvalue weighted by atomic mass is 9.94. The van der Waals surface area contributed by atoms with Crippen LogP contribution in [0.15, 0.2) is 36.4 Å². The van der Waals surface area contributed by atoms with Crippen LogP contribution in [0.1, 0.15) is 27.1 Å². The number of nitrogens with zero attached hydrogens (tertiary/aromatic N) is 2. The summed E-state index contributed by atoms with van der Waals surface area (Å²) >= 11 is 0. The van der Waals surface area contributed by atoms with Gasteiger partial charge in [-0.2, -0.15) is 0 Å². The minimum atomic E-state index is -0.440. The molecule has 0 saturated carbocycles. The van der Waals surface area contributed by atoms with E-state index in [0.29, 0.717) is 36.2 Å². The maximum Gasteiger partial charge on any atom is 0.261 e. The summed E-state index contributed by atoms with van der Waals surface area (Å²) in [5.41, 5.74) is 2.66. The van der Waals surface area contributed by atoms with Crippen LogP contribution >= 0.6 is 0 Å². The zero-order chi connectivity index (χ0) is 20.1. The quantitative estimate of drug-likeness (QED) is 0.292. The van der Waals surface area contributed by atoms with Crippen LogP contribution in [0.4, 0.5) is 0 Å². The van der Waals surface area contributed by atoms with E-state index in [-0.39, 0.29) is 31.4 Å². The highest BCUT2D eigenvalue weighted by Gasteiger charge is 2.32. The Kier molecular flexibility index (Phi) is 6.35. The summed E-state index contributed by atoms with van der Waals surface area (Å²) in [4.78, 5) is 39.6. The Morgan fingerprint density at radius 1 is 1.07 bits per heavy atom. The predicted molar refractivity (Wildman–Crippen MR) is 102 cm³/mol. The highest BCUT2D eigenvalue weighted by molar-refractivity contribution is 6.25. The number of hydrogen-bond acceptors (Lipinski definition) is 6. The smallest absolute Gasteiger partial charge is 0.261 e. The number of benzene rings is 2. The molecule has 0 aromatic heterocycles. The molecule has 28 heavy (non-hydrogen) atoms. The van der Waals surface area contributed by atoms with Crippen molar-refractivity contribution < 1.29 is 24.3 Å². The summed E-state index contributed by atoms with van der Waals surface area (Å²) < 4.78 is 5.56. The van der Waals surface area contributed by atoms with E-state index in [1.165, 1.54) is 4.90 Å². The van der Waals surface area contributed by atoms with E-state index >= 15 is 0 Å². The fourth-order valence-corrected chi connectivity index (χ4v) is 3.22. The van der Waals surface area contributed by atoms with Crippen LogP contribution in [0.5, 0.6) is 0 Å². The third-order valence-electron chi connectivity index (χ3n) is 4.78. The average molecular weight is 385 g/mol. The van der Waals surface area contributed by atoms with Crippen molar-refractivity contribution >= 4 is 28.5 Å². The third kappa shape index (κ3) is 4.19. The largest absolute Gasteiger partial charge is 0.378 e. The third-order valence-corrected chi connectivity index (χ3v) is 4.78. The molecule has 0 spiro atoms. The van der Waals surface area contributed by atoms with Gasteiger partial charge >= 0.3 is 0 Å². The molecule has 1 aliphatic heterocycles. The summed E-state index contributed by atoms with van der Waals surface area (Å²) in [6.07, 6.45) is 0.189. The first-order chi connectivity index (χ1) is 13.5. The molecule has 148 valence electrons. The first kappa shape index (κ1) is 19.9. The second kappa shape index (κ2) is 8.92. The van der Waals surface area contributed by atoms with Crippen LogP contribution in [0.2, 0.25) is 0 Å². The number of amides is 3. The normalized spacial score (nSPS) is 13.5. The van der Waals surface area contributed by atoms with E-state index in [2.05, 4.69) is 0 Å². The van der Waals surface area contributed by atoms with E-state index < -0.39 is 5.91 Å². The molecular weight excluding hydrogens is 362 g/mol. The number of ether oxygens (including phenoxy) is 1. The van der Waals surface area contributed by atoms with Gasteiger partial charge in [0.25, 0.3) is 11.8 Å². The van der Waals surface area contributed by atoms with E-state index in [0.717, 1.165) is 5.39 Å². The Bertz CT molecular complexity index is 848. The van der Waals surface area contributed by atoms with Gasteiger partial charge in [0.1, 0.15) is 0 Å². The van der Waals surface area contributed by atoms with Gasteiger partial charge in [-0.15, -0.1) is 0 Å². The van der Waals surface area contributed by atoms with Crippen LogP contribution in [-0.4, -0.2) is 72.6 Å². The molecule has 0 saturated heterocycles. The first-order valence-electron chi connectivity index (χ1n) is 9.10. The SMILES string of the molecule is CN(CCOCCN1C(=O)c2cccc3cccc(c23)C1=O)CCC(=O)NO. The summed E-state index contributed by atoms with van der Waals surface area (Å²) in [5, 5.41) is 10.1. The minimum Gasteiger partial charge on any atom is -0.378 e. The van der Waals surface area contributed by atoms with E-state index in [9.17, 15) is 14.4 Å². The fraction of sp³-hybridized carbons (Fsp3) is 0.350. The van der Waals surface area contributed by atoms with Crippen molar-refractivity contribution in [2.24, 2.45) is 0 Å². The summed E-state index contributed by atoms with van der Waals surface area (Å²) in [6, 6.07) is 10.9. The van der Waals surface area contributed by atoms with Gasteiger partial charge in [-0.05, 0) is 24.6 Å². The topological polar surface area (TPSA) is 99.2 Å². The van der Waals surface area contributed by atoms with Gasteiger partial charge in [0, 0.05) is 36.0 Å². The number of imide groups is 1. The molecule has 2 aromatic rings. The van der Waals surface area contributed by atoms with Crippen molar-refractivity contribution in [2.75, 3.05) is 39.9 Å². The van der Waals surface area contributed by atoms with Crippen molar-refractivity contribution in [3.8, 4) is 0 Å². The Hall–Kier alpha value is -2.81. The second-order valence-electron chi connectivity index (χ2n) is 6.67. The van der Waals surface area contributed by atoms with Crippen LogP contribution in [0.25, 0.3) is 10.8 Å². The fourth-order valence-electron chi connectivity index (χ4n) is 3.22. The lowest BCUT2D eigenvalue weighted by Crippen LogP contribution is -2.42. The van der Waals surface area contributed by atoms with Crippen molar-refractivity contribution in [1.29, 1.82) is 0 Å². The zero-order valence-electron chi connectivity index (χ0n) is 15.7. The van der Waals surface area contributed by atoms with Crippen molar-refractivity contribution in [3.63, 3.8) is 0 Å². The van der Waals surface area contributed by atoms with E-state index in [1.807, 2.05) is 36.2 Å². The molecule has 3 rings (SSSR count). The molecule has 0 fully saturated rings. The minimum absolute atomic E-state index is 0.180. The van der Waals surface area contributed by atoms with Gasteiger partial charge in [-0.3, -0.25) is 24.5 Å². The van der Waals surface area contributed by atoms with Crippen LogP contribution in [0, 0.1) is 0 Å². The Labute approximate surface area is 162 Å². The molecule has 2 aromatic carbocycles. The van der Waals surface area contributed by atoms with Crippen LogP contribution < -0.4 is 5.48 Å². The van der Waals surface area contributed by atoms with Gasteiger partial charge in [0.2, 0.25) is 5.91 Å². The molecule has 0 atom stereocenters. The summed E-state index contributed by atoms with van der Waals surface area (Å²) in [5.74, 6) is -1.04. The molecule has 1 aliphatic rings. The number of hydroxylamine groups is 1. The number of carbonyl (C=O) groups excluding carboxylic acids is 3. The maximum atomic E-state index is 12.7. The monoisotopic (exact) mass is 385 g/mol. The average Bonchev–Trinajstić information content (AvgIpc) is 2.71. The molecule has 2 N–H and O–H groups in total. The van der Waals surface area contributed by atoms with Crippen LogP contribution in [0.3, 0.4) is 0 Å². The predicted octanol–water partition coefficient (Wildman–Crippen LogP) is 1.28. The van der Waals surface area contributed by atoms with Gasteiger partial charge in [-0.1, -0.05) is 24.3 Å². The molecule has 0 unspecified atom stereocenters. The number of hydrogen-bond donors (Lipinski definition) is 2. The lowest BCUT2D eigenvalue weighted by molar-refractivity contribution is -0.129. The van der Waals surface area contributed by atoms with Gasteiger partial charge in [0.15, 0.2) is 0 Å². The summed E-state index contributed by atoms with van der Waals surface area (Å²) in [7, 11) is 1.84. The Morgan fingerprint density at radius 3 is 2.32 bits per heavy atom. The van der Waals surface area contributed by atoms with Crippen LogP contribution in [-0.2, 0) is 9.53 Å². The van der Waals surface area contributed by atoms with E-state index in [4.69, 9.17) is 9.94 Å². The molecule has 1 heterocycles. The standard InChI is InChI=1S/C20H23N3O5/c1-22(9-8-17(24)21-27)10-12-28-13-11-23-19(25)15-6-2-4-14-5-3-7-16(18(14)15)20(23)26/h2-7,27H,8-13H2,1H3,(H,21,24). The molecule has 8 heteroatoms. The van der Waals surface area contributed by atoms with Crippen molar-refractivity contribution in [1.82, 2.24) is 15.3 Å². The molecular formula is C20H23N3O5. The van der Waals surface area contributed by atoms with Crippen molar-refractivity contribution in [3.05, 3.63) is 47.5 Å². The highest BCUT2D eigenvalue weighted by atomic mass is 16.5. The highest BCUT2D eigenvalue weighted by Crippen LogP contribution is 2.29. The van der Waals surface area contributed by atoms with E-state index in [1.54, 1.807) is 17.6 Å². The van der Waals surface area contributed by atoms with Gasteiger partial charge in [-0.25, -0.2) is 5.48 Å². The number of likely N-dealkylation sites (N-methyl/N-ethyl adjacent to an activating group) is 1.